The Bertz CT molecular complexity index is 818. The second-order valence-corrected chi connectivity index (χ2v) is 6.64. The normalized spacial score (nSPS) is 13.7. The molecule has 1 heterocycles. The lowest BCUT2D eigenvalue weighted by Gasteiger charge is -2.25. The van der Waals surface area contributed by atoms with Crippen LogP contribution in [0.3, 0.4) is 0 Å². The molecule has 3 rings (SSSR count). The van der Waals surface area contributed by atoms with Gasteiger partial charge in [0, 0.05) is 0 Å². The van der Waals surface area contributed by atoms with Gasteiger partial charge in [-0.3, -0.25) is 9.59 Å². The third kappa shape index (κ3) is 4.58. The van der Waals surface area contributed by atoms with E-state index in [1.165, 1.54) is 0 Å². The molecular formula is C21H23NO5. The number of fused-ring (bicyclic) bond motifs is 1. The van der Waals surface area contributed by atoms with Crippen LogP contribution in [-0.2, 0) is 4.79 Å². The van der Waals surface area contributed by atoms with Crippen molar-refractivity contribution in [3.8, 4) is 17.2 Å². The minimum absolute atomic E-state index is 0.166. The molecule has 0 aliphatic carbocycles. The van der Waals surface area contributed by atoms with Crippen molar-refractivity contribution >= 4 is 12.2 Å². The first-order valence-electron chi connectivity index (χ1n) is 8.94. The van der Waals surface area contributed by atoms with Gasteiger partial charge in [-0.05, 0) is 35.7 Å². The molecule has 1 aliphatic rings. The number of para-hydroxylation sites is 1. The maximum Gasteiger partial charge on any atom is 0.258 e. The molecule has 27 heavy (non-hydrogen) atoms. The van der Waals surface area contributed by atoms with Crippen LogP contribution in [0.5, 0.6) is 17.2 Å². The zero-order valence-corrected chi connectivity index (χ0v) is 15.4. The molecule has 0 saturated heterocycles. The molecule has 1 aliphatic heterocycles. The van der Waals surface area contributed by atoms with Crippen LogP contribution in [0.15, 0.2) is 42.5 Å². The molecule has 1 amide bonds. The minimum atomic E-state index is -0.260. The Morgan fingerprint density at radius 1 is 1.15 bits per heavy atom. The van der Waals surface area contributed by atoms with Crippen LogP contribution in [0.4, 0.5) is 0 Å². The Labute approximate surface area is 158 Å². The number of hydrogen-bond acceptors (Lipinski definition) is 5. The van der Waals surface area contributed by atoms with Gasteiger partial charge in [0.1, 0.15) is 19.0 Å². The van der Waals surface area contributed by atoms with E-state index in [0.29, 0.717) is 42.3 Å². The molecule has 142 valence electrons. The Kier molecular flexibility index (Phi) is 5.96. The summed E-state index contributed by atoms with van der Waals surface area (Å²) in [6.45, 7) is 4.95. The van der Waals surface area contributed by atoms with Crippen molar-refractivity contribution in [2.24, 2.45) is 5.92 Å². The largest absolute Gasteiger partial charge is 0.486 e. The number of carbonyl (C=O) groups excluding carboxylic acids is 2. The minimum Gasteiger partial charge on any atom is -0.486 e. The zero-order chi connectivity index (χ0) is 19.2. The predicted octanol–water partition coefficient (Wildman–Crippen LogP) is 3.16. The SMILES string of the molecule is CC(C)C(NC(=O)COc1ccccc1C=O)c1ccc2c(c1)OCCO2. The average Bonchev–Trinajstić information content (AvgIpc) is 2.70. The lowest BCUT2D eigenvalue weighted by molar-refractivity contribution is -0.124. The Hall–Kier alpha value is -3.02. The summed E-state index contributed by atoms with van der Waals surface area (Å²) in [5.41, 5.74) is 1.36. The van der Waals surface area contributed by atoms with Crippen LogP contribution in [-0.4, -0.2) is 32.0 Å². The van der Waals surface area contributed by atoms with Gasteiger partial charge in [0.05, 0.1) is 11.6 Å². The molecule has 1 N–H and O–H groups in total. The highest BCUT2D eigenvalue weighted by Crippen LogP contribution is 2.34. The van der Waals surface area contributed by atoms with E-state index in [9.17, 15) is 9.59 Å². The molecule has 1 atom stereocenters. The number of ether oxygens (including phenoxy) is 3. The molecule has 1 unspecified atom stereocenters. The quantitative estimate of drug-likeness (QED) is 0.759. The topological polar surface area (TPSA) is 73.9 Å². The van der Waals surface area contributed by atoms with Gasteiger partial charge in [-0.25, -0.2) is 0 Å². The number of aldehydes is 1. The average molecular weight is 369 g/mol. The van der Waals surface area contributed by atoms with E-state index >= 15 is 0 Å². The van der Waals surface area contributed by atoms with Gasteiger partial charge in [-0.1, -0.05) is 32.0 Å². The smallest absolute Gasteiger partial charge is 0.258 e. The van der Waals surface area contributed by atoms with E-state index < -0.39 is 0 Å². The van der Waals surface area contributed by atoms with E-state index in [2.05, 4.69) is 5.32 Å². The van der Waals surface area contributed by atoms with Gasteiger partial charge in [0.2, 0.25) is 0 Å². The van der Waals surface area contributed by atoms with Gasteiger partial charge in [0.15, 0.2) is 24.4 Å². The predicted molar refractivity (Wildman–Crippen MR) is 100 cm³/mol. The van der Waals surface area contributed by atoms with Crippen molar-refractivity contribution < 1.29 is 23.8 Å². The molecule has 0 aromatic heterocycles. The molecule has 6 heteroatoms. The number of nitrogens with one attached hydrogen (secondary N) is 1. The molecule has 2 aromatic carbocycles. The summed E-state index contributed by atoms with van der Waals surface area (Å²) in [5, 5.41) is 3.00. The second kappa shape index (κ2) is 8.58. The first-order valence-corrected chi connectivity index (χ1v) is 8.94. The molecule has 0 fully saturated rings. The van der Waals surface area contributed by atoms with Crippen molar-refractivity contribution in [2.75, 3.05) is 19.8 Å². The van der Waals surface area contributed by atoms with Crippen LogP contribution in [0.2, 0.25) is 0 Å². The molecule has 0 saturated carbocycles. The van der Waals surface area contributed by atoms with Crippen LogP contribution in [0, 0.1) is 5.92 Å². The van der Waals surface area contributed by atoms with Gasteiger partial charge in [0.25, 0.3) is 5.91 Å². The summed E-state index contributed by atoms with van der Waals surface area (Å²) in [4.78, 5) is 23.5. The van der Waals surface area contributed by atoms with E-state index in [1.807, 2.05) is 32.0 Å². The highest BCUT2D eigenvalue weighted by molar-refractivity contribution is 5.81. The van der Waals surface area contributed by atoms with Gasteiger partial charge in [-0.2, -0.15) is 0 Å². The Morgan fingerprint density at radius 3 is 2.63 bits per heavy atom. The lowest BCUT2D eigenvalue weighted by atomic mass is 9.95. The van der Waals surface area contributed by atoms with Gasteiger partial charge in [-0.15, -0.1) is 0 Å². The van der Waals surface area contributed by atoms with Crippen molar-refractivity contribution in [3.05, 3.63) is 53.6 Å². The standard InChI is InChI=1S/C21H23NO5/c1-14(2)21(15-7-8-18-19(11-15)26-10-9-25-18)22-20(24)13-27-17-6-4-3-5-16(17)12-23/h3-8,11-12,14,21H,9-10,13H2,1-2H3,(H,22,24). The molecular weight excluding hydrogens is 346 g/mol. The summed E-state index contributed by atoms with van der Waals surface area (Å²) >= 11 is 0. The third-order valence-electron chi connectivity index (χ3n) is 4.31. The summed E-state index contributed by atoms with van der Waals surface area (Å²) in [7, 11) is 0. The zero-order valence-electron chi connectivity index (χ0n) is 15.4. The van der Waals surface area contributed by atoms with Crippen molar-refractivity contribution in [1.82, 2.24) is 5.32 Å². The van der Waals surface area contributed by atoms with Crippen LogP contribution in [0.25, 0.3) is 0 Å². The Balaban J connectivity index is 1.67. The van der Waals surface area contributed by atoms with Crippen molar-refractivity contribution in [2.45, 2.75) is 19.9 Å². The molecule has 0 radical (unpaired) electrons. The number of benzene rings is 2. The number of rotatable bonds is 7. The summed E-state index contributed by atoms with van der Waals surface area (Å²) in [6.07, 6.45) is 0.708. The van der Waals surface area contributed by atoms with Crippen LogP contribution in [0.1, 0.15) is 35.8 Å². The van der Waals surface area contributed by atoms with E-state index in [0.717, 1.165) is 5.56 Å². The summed E-state index contributed by atoms with van der Waals surface area (Å²) < 4.78 is 16.7. The maximum absolute atomic E-state index is 12.4. The number of carbonyl (C=O) groups is 2. The summed E-state index contributed by atoms with van der Waals surface area (Å²) in [5.74, 6) is 1.70. The second-order valence-electron chi connectivity index (χ2n) is 6.64. The summed E-state index contributed by atoms with van der Waals surface area (Å²) in [6, 6.07) is 12.3. The van der Waals surface area contributed by atoms with E-state index in [1.54, 1.807) is 24.3 Å². The maximum atomic E-state index is 12.4. The van der Waals surface area contributed by atoms with E-state index in [4.69, 9.17) is 14.2 Å². The fraction of sp³-hybridized carbons (Fsp3) is 0.333. The number of amides is 1. The fourth-order valence-corrected chi connectivity index (χ4v) is 2.96. The highest BCUT2D eigenvalue weighted by atomic mass is 16.6. The van der Waals surface area contributed by atoms with Crippen molar-refractivity contribution in [3.63, 3.8) is 0 Å². The first-order chi connectivity index (χ1) is 13.1. The molecule has 2 aromatic rings. The lowest BCUT2D eigenvalue weighted by Crippen LogP contribution is -2.35. The first kappa shape index (κ1) is 18.8. The van der Waals surface area contributed by atoms with Crippen LogP contribution < -0.4 is 19.5 Å². The highest BCUT2D eigenvalue weighted by Gasteiger charge is 2.21. The molecule has 6 nitrogen and oxygen atoms in total. The van der Waals surface area contributed by atoms with Gasteiger partial charge >= 0.3 is 0 Å². The van der Waals surface area contributed by atoms with Crippen molar-refractivity contribution in [1.29, 1.82) is 0 Å². The molecule has 0 bridgehead atoms. The van der Waals surface area contributed by atoms with Gasteiger partial charge < -0.3 is 19.5 Å². The Morgan fingerprint density at radius 2 is 1.89 bits per heavy atom. The van der Waals surface area contributed by atoms with Crippen LogP contribution >= 0.6 is 0 Å². The molecule has 0 spiro atoms. The monoisotopic (exact) mass is 369 g/mol. The number of hydrogen-bond donors (Lipinski definition) is 1. The fourth-order valence-electron chi connectivity index (χ4n) is 2.96. The third-order valence-corrected chi connectivity index (χ3v) is 4.31. The van der Waals surface area contributed by atoms with E-state index in [-0.39, 0.29) is 24.5 Å².